The highest BCUT2D eigenvalue weighted by Crippen LogP contribution is 2.31. The fraction of sp³-hybridized carbons (Fsp3) is 0.270. The standard InChI is InChI=1S/C89H94OS7/c1-5-9-13-17-21-76-43-47-80(91-76)34-25-67-57-68(26-35-81-48-44-77(92-81)22-18-14-10-6-2)60-71(59-67)29-38-84-51-53-86(95-84)40-31-73-63-74(65-75(64-73)33-42-88-55-56-89(66-90)97-88)32-41-87-54-52-85(96-87)39-30-72-61-69(27-36-82-49-45-78(93-82)23-19-15-11-7-3)58-70(62-72)28-37-83-50-46-79(94-83)24-20-16-12-8-4/h25-66H,5-24H2,1-4H3/b34-25+,35-26+,36-27+,37-28+,38-29+,39-30+,40-31+,41-32+,42-33+. The van der Waals surface area contributed by atoms with Gasteiger partial charge in [-0.1, -0.05) is 159 Å². The second-order valence-corrected chi connectivity index (χ2v) is 33.3. The number of carbonyl (C=O) groups is 1. The molecular weight excluding hydrogens is 1310 g/mol. The molecule has 1 nitrogen and oxygen atoms in total. The molecule has 0 amide bonds. The Morgan fingerprint density at radius 3 is 0.567 bits per heavy atom. The number of hydrogen-bond donors (Lipinski definition) is 0. The minimum Gasteiger partial charge on any atom is -0.297 e. The molecule has 0 saturated carbocycles. The first-order valence-electron chi connectivity index (χ1n) is 35.4. The maximum atomic E-state index is 11.6. The first kappa shape index (κ1) is 72.6. The zero-order chi connectivity index (χ0) is 67.1. The quantitative estimate of drug-likeness (QED) is 0.0277. The molecule has 97 heavy (non-hydrogen) atoms. The summed E-state index contributed by atoms with van der Waals surface area (Å²) in [4.78, 5) is 29.3. The molecule has 498 valence electrons. The summed E-state index contributed by atoms with van der Waals surface area (Å²) in [6.07, 6.45) is 66.8. The number of aldehydes is 1. The smallest absolute Gasteiger partial charge is 0.160 e. The van der Waals surface area contributed by atoms with E-state index >= 15 is 0 Å². The van der Waals surface area contributed by atoms with Gasteiger partial charge in [-0.3, -0.25) is 4.79 Å². The first-order chi connectivity index (χ1) is 47.7. The predicted octanol–water partition coefficient (Wildman–Crippen LogP) is 30.0. The Labute approximate surface area is 608 Å². The van der Waals surface area contributed by atoms with Crippen molar-refractivity contribution in [3.8, 4) is 0 Å². The van der Waals surface area contributed by atoms with Gasteiger partial charge in [0, 0.05) is 63.4 Å². The van der Waals surface area contributed by atoms with Crippen LogP contribution in [0, 0.1) is 0 Å². The average Bonchev–Trinajstić information content (AvgIpc) is 2.26. The van der Waals surface area contributed by atoms with E-state index in [4.69, 9.17) is 0 Å². The second kappa shape index (κ2) is 40.1. The second-order valence-electron chi connectivity index (χ2n) is 25.1. The molecule has 8 heteroatoms. The molecule has 0 radical (unpaired) electrons. The van der Waals surface area contributed by atoms with Crippen molar-refractivity contribution in [2.45, 2.75) is 156 Å². The van der Waals surface area contributed by atoms with Crippen molar-refractivity contribution in [2.24, 2.45) is 0 Å². The summed E-state index contributed by atoms with van der Waals surface area (Å²) in [7, 11) is 0. The van der Waals surface area contributed by atoms with Gasteiger partial charge in [-0.15, -0.1) is 79.4 Å². The van der Waals surface area contributed by atoms with Gasteiger partial charge < -0.3 is 0 Å². The molecule has 0 fully saturated rings. The molecule has 7 heterocycles. The molecule has 0 aliphatic carbocycles. The van der Waals surface area contributed by atoms with E-state index in [-0.39, 0.29) is 0 Å². The highest BCUT2D eigenvalue weighted by molar-refractivity contribution is 7.15. The van der Waals surface area contributed by atoms with Crippen molar-refractivity contribution in [3.63, 3.8) is 0 Å². The van der Waals surface area contributed by atoms with Gasteiger partial charge in [0.05, 0.1) is 4.88 Å². The zero-order valence-electron chi connectivity index (χ0n) is 57.2. The van der Waals surface area contributed by atoms with E-state index in [0.29, 0.717) is 0 Å². The van der Waals surface area contributed by atoms with Crippen LogP contribution in [0.15, 0.2) is 140 Å². The predicted molar refractivity (Wildman–Crippen MR) is 447 cm³/mol. The molecule has 0 aliphatic rings. The van der Waals surface area contributed by atoms with Crippen molar-refractivity contribution in [2.75, 3.05) is 0 Å². The van der Waals surface area contributed by atoms with E-state index in [1.807, 2.05) is 57.5 Å². The lowest BCUT2D eigenvalue weighted by Crippen LogP contribution is -1.81. The molecule has 0 spiro atoms. The maximum absolute atomic E-state index is 11.6. The summed E-state index contributed by atoms with van der Waals surface area (Å²) in [5.41, 5.74) is 10.5. The van der Waals surface area contributed by atoms with Gasteiger partial charge in [0.2, 0.25) is 0 Å². The fourth-order valence-electron chi connectivity index (χ4n) is 11.6. The van der Waals surface area contributed by atoms with Crippen LogP contribution in [0.3, 0.4) is 0 Å². The van der Waals surface area contributed by atoms with Crippen molar-refractivity contribution >= 4 is 195 Å². The van der Waals surface area contributed by atoms with E-state index in [1.165, 1.54) is 232 Å². The summed E-state index contributed by atoms with van der Waals surface area (Å²) in [6, 6.07) is 51.8. The molecule has 3 aromatic carbocycles. The van der Waals surface area contributed by atoms with E-state index in [0.717, 1.165) is 32.7 Å². The van der Waals surface area contributed by atoms with E-state index in [1.54, 1.807) is 22.7 Å². The third kappa shape index (κ3) is 25.3. The minimum absolute atomic E-state index is 0.728. The van der Waals surface area contributed by atoms with Crippen molar-refractivity contribution in [1.29, 1.82) is 0 Å². The molecule has 7 aromatic heterocycles. The molecule has 0 bridgehead atoms. The van der Waals surface area contributed by atoms with Gasteiger partial charge in [0.1, 0.15) is 0 Å². The van der Waals surface area contributed by atoms with Crippen LogP contribution in [0.25, 0.3) is 109 Å². The van der Waals surface area contributed by atoms with E-state index in [2.05, 4.69) is 264 Å². The Bertz CT molecular complexity index is 3930. The molecule has 0 N–H and O–H groups in total. The molecule has 0 saturated heterocycles. The number of hydrogen-bond acceptors (Lipinski definition) is 8. The van der Waals surface area contributed by atoms with Gasteiger partial charge in [-0.25, -0.2) is 0 Å². The van der Waals surface area contributed by atoms with Crippen molar-refractivity contribution in [1.82, 2.24) is 0 Å². The van der Waals surface area contributed by atoms with Crippen LogP contribution in [0.4, 0.5) is 0 Å². The molecular formula is C89H94OS7. The monoisotopic (exact) mass is 1400 g/mol. The van der Waals surface area contributed by atoms with Crippen LogP contribution in [-0.2, 0) is 25.7 Å². The Hall–Kier alpha value is -7.11. The summed E-state index contributed by atoms with van der Waals surface area (Å²) < 4.78 is 0. The number of aryl methyl sites for hydroxylation is 4. The summed E-state index contributed by atoms with van der Waals surface area (Å²) >= 11 is 12.8. The maximum Gasteiger partial charge on any atom is 0.160 e. The minimum atomic E-state index is 0.728. The van der Waals surface area contributed by atoms with Crippen LogP contribution in [0.2, 0.25) is 0 Å². The third-order valence-electron chi connectivity index (χ3n) is 16.9. The summed E-state index contributed by atoms with van der Waals surface area (Å²) in [5.74, 6) is 0. The number of unbranched alkanes of at least 4 members (excludes halogenated alkanes) is 12. The Balaban J connectivity index is 0.845. The number of rotatable bonds is 39. The lowest BCUT2D eigenvalue weighted by Gasteiger charge is -2.03. The third-order valence-corrected chi connectivity index (χ3v) is 24.3. The topological polar surface area (TPSA) is 17.1 Å². The number of thiophene rings is 7. The molecule has 10 rings (SSSR count). The summed E-state index contributed by atoms with van der Waals surface area (Å²) in [6.45, 7) is 9.12. The van der Waals surface area contributed by atoms with Gasteiger partial charge >= 0.3 is 0 Å². The first-order valence-corrected chi connectivity index (χ1v) is 41.1. The molecule has 0 aliphatic heterocycles. The van der Waals surface area contributed by atoms with Crippen LogP contribution in [0.1, 0.15) is 254 Å². The van der Waals surface area contributed by atoms with Crippen molar-refractivity contribution in [3.05, 3.63) is 258 Å². The fourth-order valence-corrected chi connectivity index (χ4v) is 17.8. The number of carbonyl (C=O) groups excluding carboxylic acids is 1. The van der Waals surface area contributed by atoms with E-state index in [9.17, 15) is 4.79 Å². The van der Waals surface area contributed by atoms with Crippen LogP contribution >= 0.6 is 79.4 Å². The Morgan fingerprint density at radius 1 is 0.206 bits per heavy atom. The van der Waals surface area contributed by atoms with Gasteiger partial charge in [-0.05, 0) is 296 Å². The molecule has 10 aromatic rings. The Kier molecular flexibility index (Phi) is 30.0. The lowest BCUT2D eigenvalue weighted by molar-refractivity contribution is 0.112. The summed E-state index contributed by atoms with van der Waals surface area (Å²) in [5, 5.41) is 0. The lowest BCUT2D eigenvalue weighted by atomic mass is 10.0. The largest absolute Gasteiger partial charge is 0.297 e. The normalized spacial score (nSPS) is 12.4. The molecule has 0 unspecified atom stereocenters. The average molecular weight is 1400 g/mol. The van der Waals surface area contributed by atoms with Gasteiger partial charge in [-0.2, -0.15) is 0 Å². The van der Waals surface area contributed by atoms with Crippen LogP contribution < -0.4 is 0 Å². The zero-order valence-corrected chi connectivity index (χ0v) is 62.9. The SMILES string of the molecule is CCCCCCc1ccc(/C=C/c2cc(/C=C/c3ccc(/C=C/c4cc(/C=C/c5ccc(C=O)s5)cc(/C=C/c5ccc(/C=C/c6cc(/C=C/c7ccc(CCCCCC)s7)cc(/C=C/c7ccc(CCCCCC)s7)c6)s5)c4)s3)cc(/C=C/c3ccc(CCCCCC)s3)c2)s1. The highest BCUT2D eigenvalue weighted by Gasteiger charge is 2.08. The number of benzene rings is 3. The highest BCUT2D eigenvalue weighted by atomic mass is 32.1. The Morgan fingerprint density at radius 2 is 0.381 bits per heavy atom. The van der Waals surface area contributed by atoms with Crippen molar-refractivity contribution < 1.29 is 4.79 Å². The van der Waals surface area contributed by atoms with Gasteiger partial charge in [0.25, 0.3) is 0 Å². The molecule has 0 atom stereocenters. The van der Waals surface area contributed by atoms with Crippen LogP contribution in [0.5, 0.6) is 0 Å². The van der Waals surface area contributed by atoms with Crippen LogP contribution in [-0.4, -0.2) is 6.29 Å². The van der Waals surface area contributed by atoms with E-state index < -0.39 is 0 Å². The van der Waals surface area contributed by atoms with Gasteiger partial charge in [0.15, 0.2) is 6.29 Å².